The number of nitrogens with zero attached hydrogens (tertiary/aromatic N) is 3. The highest BCUT2D eigenvalue weighted by molar-refractivity contribution is 5.63. The van der Waals surface area contributed by atoms with Crippen molar-refractivity contribution in [1.29, 1.82) is 0 Å². The van der Waals surface area contributed by atoms with E-state index < -0.39 is 11.7 Å². The Bertz CT molecular complexity index is 615. The normalized spacial score (nSPS) is 19.1. The van der Waals surface area contributed by atoms with Crippen molar-refractivity contribution < 1.29 is 13.2 Å². The van der Waals surface area contributed by atoms with Crippen LogP contribution in [0.3, 0.4) is 0 Å². The lowest BCUT2D eigenvalue weighted by Crippen LogP contribution is -2.14. The van der Waals surface area contributed by atoms with Crippen molar-refractivity contribution in [3.05, 3.63) is 36.0 Å². The largest absolute Gasteiger partial charge is 0.417 e. The van der Waals surface area contributed by atoms with Gasteiger partial charge in [0.1, 0.15) is 5.69 Å². The number of aromatic nitrogens is 3. The third-order valence-electron chi connectivity index (χ3n) is 3.65. The van der Waals surface area contributed by atoms with E-state index in [1.165, 1.54) is 12.1 Å². The van der Waals surface area contributed by atoms with Crippen LogP contribution in [0.4, 0.5) is 13.2 Å². The van der Waals surface area contributed by atoms with Crippen LogP contribution in [0.2, 0.25) is 0 Å². The molecule has 2 aromatic rings. The molecule has 1 N–H and O–H groups in total. The van der Waals surface area contributed by atoms with E-state index in [2.05, 4.69) is 15.6 Å². The Kier molecular flexibility index (Phi) is 3.67. The number of benzene rings is 1. The van der Waals surface area contributed by atoms with Crippen LogP contribution in [0.1, 0.15) is 12.0 Å². The molecule has 112 valence electrons. The molecule has 1 fully saturated rings. The Balaban J connectivity index is 1.86. The molecule has 4 nitrogen and oxygen atoms in total. The smallest absolute Gasteiger partial charge is 0.316 e. The van der Waals surface area contributed by atoms with E-state index in [0.717, 1.165) is 25.6 Å². The van der Waals surface area contributed by atoms with Crippen molar-refractivity contribution in [2.75, 3.05) is 13.1 Å². The van der Waals surface area contributed by atoms with Crippen molar-refractivity contribution in [2.24, 2.45) is 5.92 Å². The monoisotopic (exact) mass is 296 g/mol. The second kappa shape index (κ2) is 5.48. The average Bonchev–Trinajstić information content (AvgIpc) is 3.10. The fourth-order valence-corrected chi connectivity index (χ4v) is 2.60. The summed E-state index contributed by atoms with van der Waals surface area (Å²) in [6.07, 6.45) is -1.76. The molecule has 1 saturated heterocycles. The SMILES string of the molecule is FC(F)(F)c1ccccc1-c1cn(CC2CCNC2)nn1. The molecule has 0 amide bonds. The van der Waals surface area contributed by atoms with Gasteiger partial charge in [0.05, 0.1) is 11.8 Å². The Hall–Kier alpha value is -1.89. The van der Waals surface area contributed by atoms with E-state index in [1.54, 1.807) is 16.9 Å². The molecule has 0 spiro atoms. The second-order valence-electron chi connectivity index (χ2n) is 5.23. The molecule has 1 aromatic carbocycles. The Labute approximate surface area is 120 Å². The summed E-state index contributed by atoms with van der Waals surface area (Å²) < 4.78 is 40.6. The highest BCUT2D eigenvalue weighted by Crippen LogP contribution is 2.36. The molecular weight excluding hydrogens is 281 g/mol. The second-order valence-corrected chi connectivity index (χ2v) is 5.23. The van der Waals surface area contributed by atoms with Crippen LogP contribution in [0.15, 0.2) is 30.5 Å². The van der Waals surface area contributed by atoms with Crippen LogP contribution in [0, 0.1) is 5.92 Å². The summed E-state index contributed by atoms with van der Waals surface area (Å²) in [5.41, 5.74) is -0.353. The third kappa shape index (κ3) is 3.07. The Morgan fingerprint density at radius 1 is 1.29 bits per heavy atom. The summed E-state index contributed by atoms with van der Waals surface area (Å²) in [4.78, 5) is 0. The van der Waals surface area contributed by atoms with E-state index in [0.29, 0.717) is 12.5 Å². The van der Waals surface area contributed by atoms with Crippen LogP contribution in [0.25, 0.3) is 11.3 Å². The van der Waals surface area contributed by atoms with Crippen molar-refractivity contribution in [2.45, 2.75) is 19.1 Å². The highest BCUT2D eigenvalue weighted by Gasteiger charge is 2.34. The number of nitrogens with one attached hydrogen (secondary N) is 1. The first-order chi connectivity index (χ1) is 10.0. The average molecular weight is 296 g/mol. The molecule has 0 radical (unpaired) electrons. The van der Waals surface area contributed by atoms with Gasteiger partial charge in [-0.15, -0.1) is 5.10 Å². The lowest BCUT2D eigenvalue weighted by Gasteiger charge is -2.10. The van der Waals surface area contributed by atoms with E-state index in [9.17, 15) is 13.2 Å². The van der Waals surface area contributed by atoms with E-state index >= 15 is 0 Å². The number of hydrogen-bond acceptors (Lipinski definition) is 3. The first-order valence-corrected chi connectivity index (χ1v) is 6.81. The zero-order valence-corrected chi connectivity index (χ0v) is 11.3. The zero-order chi connectivity index (χ0) is 14.9. The minimum Gasteiger partial charge on any atom is -0.316 e. The summed E-state index contributed by atoms with van der Waals surface area (Å²) in [6, 6.07) is 5.44. The number of alkyl halides is 3. The topological polar surface area (TPSA) is 42.7 Å². The van der Waals surface area contributed by atoms with Crippen molar-refractivity contribution >= 4 is 0 Å². The zero-order valence-electron chi connectivity index (χ0n) is 11.3. The molecule has 3 rings (SSSR count). The highest BCUT2D eigenvalue weighted by atomic mass is 19.4. The minimum absolute atomic E-state index is 0.0702. The molecule has 2 heterocycles. The molecule has 0 aliphatic carbocycles. The van der Waals surface area contributed by atoms with Crippen molar-refractivity contribution in [3.8, 4) is 11.3 Å². The van der Waals surface area contributed by atoms with Gasteiger partial charge >= 0.3 is 6.18 Å². The van der Waals surface area contributed by atoms with Crippen LogP contribution in [-0.4, -0.2) is 28.1 Å². The Morgan fingerprint density at radius 3 is 2.81 bits per heavy atom. The number of halogens is 3. The van der Waals surface area contributed by atoms with Gasteiger partial charge in [-0.25, -0.2) is 0 Å². The summed E-state index contributed by atoms with van der Waals surface area (Å²) in [7, 11) is 0. The first kappa shape index (κ1) is 14.1. The maximum absolute atomic E-state index is 13.0. The van der Waals surface area contributed by atoms with E-state index in [-0.39, 0.29) is 11.3 Å². The van der Waals surface area contributed by atoms with Gasteiger partial charge in [-0.1, -0.05) is 23.4 Å². The third-order valence-corrected chi connectivity index (χ3v) is 3.65. The summed E-state index contributed by atoms with van der Waals surface area (Å²) in [6.45, 7) is 2.56. The molecule has 1 aliphatic heterocycles. The molecule has 0 saturated carbocycles. The molecule has 7 heteroatoms. The van der Waals surface area contributed by atoms with Gasteiger partial charge in [0.2, 0.25) is 0 Å². The molecule has 1 aliphatic rings. The molecular formula is C14H15F3N4. The van der Waals surface area contributed by atoms with Gasteiger partial charge in [0.25, 0.3) is 0 Å². The van der Waals surface area contributed by atoms with E-state index in [4.69, 9.17) is 0 Å². The summed E-state index contributed by atoms with van der Waals surface area (Å²) in [5.74, 6) is 0.456. The van der Waals surface area contributed by atoms with Crippen LogP contribution in [0.5, 0.6) is 0 Å². The van der Waals surface area contributed by atoms with Crippen molar-refractivity contribution in [3.63, 3.8) is 0 Å². The van der Waals surface area contributed by atoms with Gasteiger partial charge in [0, 0.05) is 12.1 Å². The summed E-state index contributed by atoms with van der Waals surface area (Å²) in [5, 5.41) is 11.1. The maximum atomic E-state index is 13.0. The lowest BCUT2D eigenvalue weighted by molar-refractivity contribution is -0.137. The fraction of sp³-hybridized carbons (Fsp3) is 0.429. The maximum Gasteiger partial charge on any atom is 0.417 e. The van der Waals surface area contributed by atoms with Gasteiger partial charge in [-0.05, 0) is 31.5 Å². The van der Waals surface area contributed by atoms with Crippen LogP contribution in [-0.2, 0) is 12.7 Å². The fourth-order valence-electron chi connectivity index (χ4n) is 2.60. The van der Waals surface area contributed by atoms with Gasteiger partial charge in [0.15, 0.2) is 0 Å². The first-order valence-electron chi connectivity index (χ1n) is 6.81. The predicted molar refractivity (Wildman–Crippen MR) is 71.4 cm³/mol. The lowest BCUT2D eigenvalue weighted by atomic mass is 10.0. The van der Waals surface area contributed by atoms with Gasteiger partial charge in [-0.3, -0.25) is 4.68 Å². The van der Waals surface area contributed by atoms with Gasteiger partial charge in [-0.2, -0.15) is 13.2 Å². The van der Waals surface area contributed by atoms with Crippen LogP contribution >= 0.6 is 0 Å². The summed E-state index contributed by atoms with van der Waals surface area (Å²) >= 11 is 0. The Morgan fingerprint density at radius 2 is 2.10 bits per heavy atom. The standard InChI is InChI=1S/C14H15F3N4/c15-14(16,17)12-4-2-1-3-11(12)13-9-21(20-19-13)8-10-5-6-18-7-10/h1-4,9-10,18H,5-8H2. The molecule has 0 bridgehead atoms. The molecule has 1 aromatic heterocycles. The number of rotatable bonds is 3. The molecule has 1 atom stereocenters. The quantitative estimate of drug-likeness (QED) is 0.946. The minimum atomic E-state index is -4.39. The molecule has 21 heavy (non-hydrogen) atoms. The van der Waals surface area contributed by atoms with E-state index in [1.807, 2.05) is 0 Å². The van der Waals surface area contributed by atoms with Crippen molar-refractivity contribution in [1.82, 2.24) is 20.3 Å². The number of hydrogen-bond donors (Lipinski definition) is 1. The van der Waals surface area contributed by atoms with Gasteiger partial charge < -0.3 is 5.32 Å². The molecule has 1 unspecified atom stereocenters. The van der Waals surface area contributed by atoms with Crippen LogP contribution < -0.4 is 5.32 Å². The predicted octanol–water partition coefficient (Wildman–Crippen LogP) is 2.57.